The summed E-state index contributed by atoms with van der Waals surface area (Å²) in [4.78, 5) is 0. The van der Waals surface area contributed by atoms with E-state index in [1.165, 1.54) is 0 Å². The van der Waals surface area contributed by atoms with Crippen molar-refractivity contribution >= 4 is 0 Å². The summed E-state index contributed by atoms with van der Waals surface area (Å²) in [5, 5.41) is 0. The summed E-state index contributed by atoms with van der Waals surface area (Å²) in [5.41, 5.74) is 0. The van der Waals surface area contributed by atoms with Crippen molar-refractivity contribution in [3.05, 3.63) is 72.9 Å². The smallest absolute Gasteiger partial charge is 0.0163 e. The van der Waals surface area contributed by atoms with Crippen molar-refractivity contribution in [3.63, 3.8) is 0 Å². The molecule has 0 aliphatic heterocycles. The van der Waals surface area contributed by atoms with Crippen LogP contribution in [-0.4, -0.2) is 0 Å². The van der Waals surface area contributed by atoms with E-state index in [0.29, 0.717) is 0 Å². The lowest BCUT2D eigenvalue weighted by atomic mass is 10.3. The van der Waals surface area contributed by atoms with Crippen molar-refractivity contribution in [2.75, 3.05) is 0 Å². The van der Waals surface area contributed by atoms with Crippen molar-refractivity contribution in [1.29, 1.82) is 0 Å². The Kier molecular flexibility index (Phi) is 11.1. The normalized spacial score (nSPS) is 14.0. The molecule has 0 saturated heterocycles. The average Bonchev–Trinajstić information content (AvgIpc) is 2.26. The van der Waals surface area contributed by atoms with Gasteiger partial charge in [0.25, 0.3) is 0 Å². The SMILES string of the molecule is CC=CC=CC=CCC=CC=CC=CC. The van der Waals surface area contributed by atoms with E-state index < -0.39 is 0 Å². The van der Waals surface area contributed by atoms with E-state index >= 15 is 0 Å². The van der Waals surface area contributed by atoms with Crippen molar-refractivity contribution in [2.45, 2.75) is 20.3 Å². The maximum Gasteiger partial charge on any atom is -0.0163 e. The van der Waals surface area contributed by atoms with Gasteiger partial charge in [-0.3, -0.25) is 0 Å². The highest BCUT2D eigenvalue weighted by Crippen LogP contribution is 1.89. The van der Waals surface area contributed by atoms with Crippen LogP contribution in [0, 0.1) is 0 Å². The zero-order chi connectivity index (χ0) is 11.2. The van der Waals surface area contributed by atoms with Gasteiger partial charge in [0.15, 0.2) is 0 Å². The molecule has 0 rings (SSSR count). The molecular weight excluding hydrogens is 180 g/mol. The lowest BCUT2D eigenvalue weighted by Gasteiger charge is -1.78. The molecule has 0 aromatic heterocycles. The lowest BCUT2D eigenvalue weighted by Crippen LogP contribution is -1.57. The molecule has 0 nitrogen and oxygen atoms in total. The highest BCUT2D eigenvalue weighted by molar-refractivity contribution is 5.14. The Morgan fingerprint density at radius 2 is 0.933 bits per heavy atom. The van der Waals surface area contributed by atoms with Gasteiger partial charge in [0, 0.05) is 0 Å². The Labute approximate surface area is 93.7 Å². The fourth-order valence-corrected chi connectivity index (χ4v) is 0.872. The van der Waals surface area contributed by atoms with Gasteiger partial charge >= 0.3 is 0 Å². The van der Waals surface area contributed by atoms with E-state index in [1.54, 1.807) is 0 Å². The first-order chi connectivity index (χ1) is 7.41. The molecule has 0 N–H and O–H groups in total. The van der Waals surface area contributed by atoms with Gasteiger partial charge in [-0.2, -0.15) is 0 Å². The van der Waals surface area contributed by atoms with E-state index in [-0.39, 0.29) is 0 Å². The van der Waals surface area contributed by atoms with Crippen LogP contribution in [0.25, 0.3) is 0 Å². The minimum Gasteiger partial charge on any atom is -0.0877 e. The molecule has 0 saturated carbocycles. The number of hydrogen-bond donors (Lipinski definition) is 0. The van der Waals surface area contributed by atoms with Crippen LogP contribution in [0.1, 0.15) is 20.3 Å². The molecule has 0 heterocycles. The first-order valence-electron chi connectivity index (χ1n) is 5.30. The molecule has 0 heteroatoms. The first-order valence-corrected chi connectivity index (χ1v) is 5.30. The van der Waals surface area contributed by atoms with Gasteiger partial charge in [-0.15, -0.1) is 0 Å². The monoisotopic (exact) mass is 200 g/mol. The van der Waals surface area contributed by atoms with Gasteiger partial charge in [0.05, 0.1) is 0 Å². The van der Waals surface area contributed by atoms with Crippen LogP contribution < -0.4 is 0 Å². The Hall–Kier alpha value is -1.56. The van der Waals surface area contributed by atoms with Gasteiger partial charge in [-0.25, -0.2) is 0 Å². The van der Waals surface area contributed by atoms with Crippen molar-refractivity contribution < 1.29 is 0 Å². The molecule has 0 aliphatic rings. The van der Waals surface area contributed by atoms with E-state index in [2.05, 4.69) is 24.3 Å². The van der Waals surface area contributed by atoms with Crippen LogP contribution in [-0.2, 0) is 0 Å². The van der Waals surface area contributed by atoms with Crippen LogP contribution in [0.15, 0.2) is 72.9 Å². The van der Waals surface area contributed by atoms with Gasteiger partial charge < -0.3 is 0 Å². The Balaban J connectivity index is 3.60. The maximum absolute atomic E-state index is 2.12. The van der Waals surface area contributed by atoms with Gasteiger partial charge in [-0.1, -0.05) is 72.9 Å². The summed E-state index contributed by atoms with van der Waals surface area (Å²) >= 11 is 0. The third-order valence-electron chi connectivity index (χ3n) is 1.60. The Morgan fingerprint density at radius 1 is 0.533 bits per heavy atom. The van der Waals surface area contributed by atoms with Crippen molar-refractivity contribution in [1.82, 2.24) is 0 Å². The lowest BCUT2D eigenvalue weighted by molar-refractivity contribution is 1.39. The van der Waals surface area contributed by atoms with Crippen LogP contribution in [0.4, 0.5) is 0 Å². The van der Waals surface area contributed by atoms with Crippen molar-refractivity contribution in [2.24, 2.45) is 0 Å². The predicted molar refractivity (Wildman–Crippen MR) is 70.8 cm³/mol. The Morgan fingerprint density at radius 3 is 1.33 bits per heavy atom. The minimum atomic E-state index is 0.973. The minimum absolute atomic E-state index is 0.973. The van der Waals surface area contributed by atoms with E-state index in [1.807, 2.05) is 62.5 Å². The molecule has 80 valence electrons. The van der Waals surface area contributed by atoms with Crippen LogP contribution in [0.3, 0.4) is 0 Å². The summed E-state index contributed by atoms with van der Waals surface area (Å²) < 4.78 is 0. The zero-order valence-corrected chi connectivity index (χ0v) is 9.64. The average molecular weight is 200 g/mol. The Bertz CT molecular complexity index is 253. The summed E-state index contributed by atoms with van der Waals surface area (Å²) in [6, 6.07) is 0. The standard InChI is InChI=1S/C15H20/c1-3-5-7-9-11-13-15-14-12-10-8-6-4-2/h3-14H,15H2,1-2H3. The second kappa shape index (κ2) is 12.4. The zero-order valence-electron chi connectivity index (χ0n) is 9.64. The number of hydrogen-bond acceptors (Lipinski definition) is 0. The third kappa shape index (κ3) is 12.4. The molecule has 0 atom stereocenters. The summed E-state index contributed by atoms with van der Waals surface area (Å²) in [6.45, 7) is 4.02. The largest absolute Gasteiger partial charge is 0.0877 e. The van der Waals surface area contributed by atoms with Crippen molar-refractivity contribution in [3.8, 4) is 0 Å². The summed E-state index contributed by atoms with van der Waals surface area (Å²) in [7, 11) is 0. The molecule has 0 aromatic rings. The fraction of sp³-hybridized carbons (Fsp3) is 0.200. The van der Waals surface area contributed by atoms with E-state index in [9.17, 15) is 0 Å². The molecule has 0 radical (unpaired) electrons. The van der Waals surface area contributed by atoms with E-state index in [4.69, 9.17) is 0 Å². The van der Waals surface area contributed by atoms with Gasteiger partial charge in [0.2, 0.25) is 0 Å². The summed E-state index contributed by atoms with van der Waals surface area (Å²) in [5.74, 6) is 0. The predicted octanol–water partition coefficient (Wildman–Crippen LogP) is 4.75. The van der Waals surface area contributed by atoms with Crippen LogP contribution in [0.5, 0.6) is 0 Å². The molecule has 0 aliphatic carbocycles. The second-order valence-corrected chi connectivity index (χ2v) is 2.91. The molecule has 0 amide bonds. The third-order valence-corrected chi connectivity index (χ3v) is 1.60. The second-order valence-electron chi connectivity index (χ2n) is 2.91. The molecule has 0 spiro atoms. The highest BCUT2D eigenvalue weighted by Gasteiger charge is 1.67. The molecule has 0 bridgehead atoms. The molecular formula is C15H20. The van der Waals surface area contributed by atoms with Crippen LogP contribution >= 0.6 is 0 Å². The number of allylic oxidation sites excluding steroid dienone is 12. The van der Waals surface area contributed by atoms with Crippen LogP contribution in [0.2, 0.25) is 0 Å². The highest BCUT2D eigenvalue weighted by atomic mass is 13.7. The quantitative estimate of drug-likeness (QED) is 0.543. The summed E-state index contributed by atoms with van der Waals surface area (Å²) in [6.07, 6.45) is 25.5. The fourth-order valence-electron chi connectivity index (χ4n) is 0.872. The van der Waals surface area contributed by atoms with E-state index in [0.717, 1.165) is 6.42 Å². The number of rotatable bonds is 6. The van der Waals surface area contributed by atoms with Gasteiger partial charge in [-0.05, 0) is 20.3 Å². The molecule has 15 heavy (non-hydrogen) atoms. The molecule has 0 unspecified atom stereocenters. The van der Waals surface area contributed by atoms with Gasteiger partial charge in [0.1, 0.15) is 0 Å². The molecule has 0 aromatic carbocycles. The first kappa shape index (κ1) is 13.4. The topological polar surface area (TPSA) is 0 Å². The molecule has 0 fully saturated rings. The maximum atomic E-state index is 2.12.